The second-order valence-electron chi connectivity index (χ2n) is 4.64. The van der Waals surface area contributed by atoms with Gasteiger partial charge in [0.2, 0.25) is 0 Å². The molecule has 1 atom stereocenters. The van der Waals surface area contributed by atoms with Gasteiger partial charge in [-0.15, -0.1) is 5.10 Å². The smallest absolute Gasteiger partial charge is 0.360 e. The van der Waals surface area contributed by atoms with E-state index in [1.54, 1.807) is 15.6 Å². The summed E-state index contributed by atoms with van der Waals surface area (Å²) in [6, 6.07) is 0.0797. The first-order valence-corrected chi connectivity index (χ1v) is 6.31. The van der Waals surface area contributed by atoms with Crippen LogP contribution in [0.2, 0.25) is 0 Å². The Labute approximate surface area is 115 Å². The van der Waals surface area contributed by atoms with Crippen molar-refractivity contribution in [3.8, 4) is 11.3 Å². The zero-order valence-electron chi connectivity index (χ0n) is 11.3. The molecular formula is C12H15N5O3. The van der Waals surface area contributed by atoms with E-state index in [0.29, 0.717) is 18.9 Å². The molecule has 0 spiro atoms. The molecule has 0 N–H and O–H groups in total. The molecule has 20 heavy (non-hydrogen) atoms. The van der Waals surface area contributed by atoms with Gasteiger partial charge in [0.15, 0.2) is 5.69 Å². The minimum Gasteiger partial charge on any atom is -0.464 e. The van der Waals surface area contributed by atoms with Crippen molar-refractivity contribution in [3.05, 3.63) is 18.1 Å². The van der Waals surface area contributed by atoms with Crippen molar-refractivity contribution in [2.24, 2.45) is 7.05 Å². The van der Waals surface area contributed by atoms with Crippen LogP contribution in [0.3, 0.4) is 0 Å². The average Bonchev–Trinajstić information content (AvgIpc) is 3.16. The molecule has 0 amide bonds. The highest BCUT2D eigenvalue weighted by Gasteiger charge is 2.28. The number of aryl methyl sites for hydroxylation is 1. The SMILES string of the molecule is COC(=O)c1nnn(C2CCOC2)c1-c1cnn(C)c1. The molecule has 0 bridgehead atoms. The Morgan fingerprint density at radius 3 is 3.00 bits per heavy atom. The normalized spacial score (nSPS) is 18.4. The zero-order chi connectivity index (χ0) is 14.1. The van der Waals surface area contributed by atoms with E-state index in [2.05, 4.69) is 15.4 Å². The third-order valence-electron chi connectivity index (χ3n) is 3.30. The first-order chi connectivity index (χ1) is 9.70. The molecule has 2 aromatic rings. The molecule has 0 radical (unpaired) electrons. The summed E-state index contributed by atoms with van der Waals surface area (Å²) in [6.07, 6.45) is 4.34. The number of methoxy groups -OCH3 is 1. The lowest BCUT2D eigenvalue weighted by Crippen LogP contribution is -2.13. The van der Waals surface area contributed by atoms with E-state index in [0.717, 1.165) is 12.0 Å². The van der Waals surface area contributed by atoms with E-state index in [4.69, 9.17) is 9.47 Å². The highest BCUT2D eigenvalue weighted by molar-refractivity contribution is 5.93. The highest BCUT2D eigenvalue weighted by Crippen LogP contribution is 2.28. The van der Waals surface area contributed by atoms with Crippen molar-refractivity contribution in [3.63, 3.8) is 0 Å². The Hall–Kier alpha value is -2.22. The Morgan fingerprint density at radius 1 is 1.55 bits per heavy atom. The summed E-state index contributed by atoms with van der Waals surface area (Å²) in [6.45, 7) is 1.25. The van der Waals surface area contributed by atoms with Crippen LogP contribution in [0.15, 0.2) is 12.4 Å². The second-order valence-corrected chi connectivity index (χ2v) is 4.64. The van der Waals surface area contributed by atoms with Gasteiger partial charge in [0, 0.05) is 25.4 Å². The number of ether oxygens (including phenoxy) is 2. The van der Waals surface area contributed by atoms with Crippen molar-refractivity contribution < 1.29 is 14.3 Å². The number of carbonyl (C=O) groups is 1. The maximum absolute atomic E-state index is 11.8. The number of nitrogens with zero attached hydrogens (tertiary/aromatic N) is 5. The summed E-state index contributed by atoms with van der Waals surface area (Å²) in [7, 11) is 3.14. The van der Waals surface area contributed by atoms with Gasteiger partial charge in [0.1, 0.15) is 5.69 Å². The van der Waals surface area contributed by atoms with Crippen LogP contribution >= 0.6 is 0 Å². The lowest BCUT2D eigenvalue weighted by Gasteiger charge is -2.11. The van der Waals surface area contributed by atoms with Crippen LogP contribution in [-0.2, 0) is 16.5 Å². The molecule has 1 aliphatic heterocycles. The zero-order valence-corrected chi connectivity index (χ0v) is 11.3. The number of rotatable bonds is 3. The molecule has 1 saturated heterocycles. The molecule has 2 aromatic heterocycles. The summed E-state index contributed by atoms with van der Waals surface area (Å²) in [5.74, 6) is -0.506. The Bertz CT molecular complexity index is 627. The Kier molecular flexibility index (Phi) is 3.23. The number of hydrogen-bond donors (Lipinski definition) is 0. The largest absolute Gasteiger partial charge is 0.464 e. The molecule has 1 aliphatic rings. The summed E-state index contributed by atoms with van der Waals surface area (Å²) < 4.78 is 13.5. The van der Waals surface area contributed by atoms with Crippen LogP contribution < -0.4 is 0 Å². The molecular weight excluding hydrogens is 262 g/mol. The molecule has 0 aromatic carbocycles. The minimum absolute atomic E-state index is 0.0797. The van der Waals surface area contributed by atoms with Crippen LogP contribution in [0.1, 0.15) is 23.0 Å². The lowest BCUT2D eigenvalue weighted by molar-refractivity contribution is 0.0595. The first-order valence-electron chi connectivity index (χ1n) is 6.31. The van der Waals surface area contributed by atoms with Crippen LogP contribution in [-0.4, -0.2) is 51.1 Å². The molecule has 8 heteroatoms. The van der Waals surface area contributed by atoms with Crippen LogP contribution in [0, 0.1) is 0 Å². The van der Waals surface area contributed by atoms with Gasteiger partial charge in [-0.2, -0.15) is 5.10 Å². The standard InChI is InChI=1S/C12H15N5O3/c1-16-6-8(5-13-16)11-10(12(18)19-2)14-15-17(11)9-3-4-20-7-9/h5-6,9H,3-4,7H2,1-2H3. The molecule has 8 nitrogen and oxygen atoms in total. The van der Waals surface area contributed by atoms with Gasteiger partial charge in [-0.3, -0.25) is 4.68 Å². The molecule has 0 aliphatic carbocycles. The highest BCUT2D eigenvalue weighted by atomic mass is 16.5. The van der Waals surface area contributed by atoms with Crippen molar-refractivity contribution in [2.45, 2.75) is 12.5 Å². The Morgan fingerprint density at radius 2 is 2.40 bits per heavy atom. The molecule has 106 valence electrons. The Balaban J connectivity index is 2.11. The predicted octanol–water partition coefficient (Wildman–Crippen LogP) is 0.427. The molecule has 0 saturated carbocycles. The maximum Gasteiger partial charge on any atom is 0.360 e. The summed E-state index contributed by atoms with van der Waals surface area (Å²) >= 11 is 0. The van der Waals surface area contributed by atoms with E-state index in [1.165, 1.54) is 7.11 Å². The second kappa shape index (κ2) is 5.04. The third kappa shape index (κ3) is 2.07. The van der Waals surface area contributed by atoms with E-state index in [-0.39, 0.29) is 11.7 Å². The van der Waals surface area contributed by atoms with Gasteiger partial charge >= 0.3 is 5.97 Å². The van der Waals surface area contributed by atoms with Gasteiger partial charge in [-0.25, -0.2) is 9.48 Å². The predicted molar refractivity (Wildman–Crippen MR) is 68.0 cm³/mol. The van der Waals surface area contributed by atoms with Crippen molar-refractivity contribution in [2.75, 3.05) is 20.3 Å². The van der Waals surface area contributed by atoms with E-state index in [9.17, 15) is 4.79 Å². The summed E-state index contributed by atoms with van der Waals surface area (Å²) in [5.41, 5.74) is 1.61. The van der Waals surface area contributed by atoms with Crippen molar-refractivity contribution in [1.82, 2.24) is 24.8 Å². The fourth-order valence-electron chi connectivity index (χ4n) is 2.31. The lowest BCUT2D eigenvalue weighted by atomic mass is 10.1. The fraction of sp³-hybridized carbons (Fsp3) is 0.500. The number of carbonyl (C=O) groups excluding carboxylic acids is 1. The van der Waals surface area contributed by atoms with Crippen molar-refractivity contribution in [1.29, 1.82) is 0 Å². The molecule has 1 unspecified atom stereocenters. The van der Waals surface area contributed by atoms with Crippen LogP contribution in [0.5, 0.6) is 0 Å². The summed E-state index contributed by atoms with van der Waals surface area (Å²) in [5, 5.41) is 12.2. The molecule has 1 fully saturated rings. The van der Waals surface area contributed by atoms with Gasteiger partial charge < -0.3 is 9.47 Å². The third-order valence-corrected chi connectivity index (χ3v) is 3.30. The first kappa shape index (κ1) is 12.8. The van der Waals surface area contributed by atoms with E-state index in [1.807, 2.05) is 13.2 Å². The number of aromatic nitrogens is 5. The van der Waals surface area contributed by atoms with Gasteiger partial charge in [0.05, 0.1) is 26.0 Å². The van der Waals surface area contributed by atoms with E-state index < -0.39 is 5.97 Å². The van der Waals surface area contributed by atoms with Crippen LogP contribution in [0.25, 0.3) is 11.3 Å². The molecule has 3 heterocycles. The maximum atomic E-state index is 11.8. The number of esters is 1. The summed E-state index contributed by atoms with van der Waals surface area (Å²) in [4.78, 5) is 11.8. The topological polar surface area (TPSA) is 84.1 Å². The minimum atomic E-state index is -0.506. The van der Waals surface area contributed by atoms with Gasteiger partial charge in [-0.1, -0.05) is 5.21 Å². The van der Waals surface area contributed by atoms with Gasteiger partial charge in [-0.05, 0) is 6.42 Å². The van der Waals surface area contributed by atoms with Gasteiger partial charge in [0.25, 0.3) is 0 Å². The fourth-order valence-corrected chi connectivity index (χ4v) is 2.31. The van der Waals surface area contributed by atoms with E-state index >= 15 is 0 Å². The number of hydrogen-bond acceptors (Lipinski definition) is 6. The quantitative estimate of drug-likeness (QED) is 0.756. The monoisotopic (exact) mass is 277 g/mol. The van der Waals surface area contributed by atoms with Crippen molar-refractivity contribution >= 4 is 5.97 Å². The van der Waals surface area contributed by atoms with Crippen LogP contribution in [0.4, 0.5) is 0 Å². The molecule has 3 rings (SSSR count). The average molecular weight is 277 g/mol.